The number of amides is 3. The zero-order chi connectivity index (χ0) is 28.9. The van der Waals surface area contributed by atoms with Gasteiger partial charge in [-0.2, -0.15) is 5.26 Å². The first-order valence-electron chi connectivity index (χ1n) is 14.2. The lowest BCUT2D eigenvalue weighted by Gasteiger charge is -2.33. The number of carbonyl (C=O) groups excluding carboxylic acids is 3. The Hall–Kier alpha value is -4.45. The van der Waals surface area contributed by atoms with Gasteiger partial charge in [0.05, 0.1) is 17.6 Å². The normalized spacial score (nSPS) is 22.0. The van der Waals surface area contributed by atoms with E-state index in [0.717, 1.165) is 23.8 Å². The van der Waals surface area contributed by atoms with Crippen molar-refractivity contribution in [2.24, 2.45) is 5.92 Å². The molecule has 0 unspecified atom stereocenters. The summed E-state index contributed by atoms with van der Waals surface area (Å²) < 4.78 is 6.10. The maximum Gasteiger partial charge on any atom is 0.254 e. The molecule has 6 rings (SSSR count). The van der Waals surface area contributed by atoms with Crippen LogP contribution >= 0.6 is 0 Å². The van der Waals surface area contributed by atoms with Crippen LogP contribution in [-0.2, 0) is 15.0 Å². The maximum atomic E-state index is 14.2. The van der Waals surface area contributed by atoms with Gasteiger partial charge in [0, 0.05) is 42.8 Å². The Morgan fingerprint density at radius 3 is 2.73 bits per heavy atom. The van der Waals surface area contributed by atoms with E-state index in [0.29, 0.717) is 28.9 Å². The van der Waals surface area contributed by atoms with Crippen LogP contribution in [0.2, 0.25) is 0 Å². The van der Waals surface area contributed by atoms with Crippen LogP contribution in [0, 0.1) is 17.2 Å². The van der Waals surface area contributed by atoms with Crippen molar-refractivity contribution < 1.29 is 19.1 Å². The highest BCUT2D eigenvalue weighted by atomic mass is 16.5. The number of para-hydroxylation sites is 1. The molecule has 9 heteroatoms. The van der Waals surface area contributed by atoms with Crippen LogP contribution in [0.4, 0.5) is 5.69 Å². The summed E-state index contributed by atoms with van der Waals surface area (Å²) in [5.41, 5.74) is 1.63. The zero-order valence-electron chi connectivity index (χ0n) is 23.5. The van der Waals surface area contributed by atoms with E-state index in [4.69, 9.17) is 4.74 Å². The van der Waals surface area contributed by atoms with E-state index >= 15 is 0 Å². The number of benzene rings is 2. The van der Waals surface area contributed by atoms with Crippen molar-refractivity contribution in [3.8, 4) is 11.8 Å². The second-order valence-corrected chi connectivity index (χ2v) is 11.8. The Morgan fingerprint density at radius 2 is 2.00 bits per heavy atom. The number of hydrogen-bond donors (Lipinski definition) is 1. The zero-order valence-corrected chi connectivity index (χ0v) is 23.5. The molecule has 3 amide bonds. The lowest BCUT2D eigenvalue weighted by atomic mass is 9.80. The van der Waals surface area contributed by atoms with Crippen LogP contribution in [0.1, 0.15) is 55.5 Å². The van der Waals surface area contributed by atoms with Gasteiger partial charge in [-0.1, -0.05) is 38.1 Å². The minimum absolute atomic E-state index is 0.0879. The summed E-state index contributed by atoms with van der Waals surface area (Å²) in [6.45, 7) is 4.08. The van der Waals surface area contributed by atoms with E-state index in [1.165, 1.54) is 9.80 Å². The van der Waals surface area contributed by atoms with Gasteiger partial charge in [-0.15, -0.1) is 0 Å². The average Bonchev–Trinajstić information content (AvgIpc) is 3.64. The molecule has 1 N–H and O–H groups in total. The molecule has 3 atom stereocenters. The largest absolute Gasteiger partial charge is 0.488 e. The molecule has 1 aromatic heterocycles. The van der Waals surface area contributed by atoms with Crippen molar-refractivity contribution in [2.45, 2.75) is 63.1 Å². The second kappa shape index (κ2) is 10.2. The molecule has 3 aliphatic rings. The van der Waals surface area contributed by atoms with E-state index in [-0.39, 0.29) is 42.7 Å². The number of nitriles is 1. The van der Waals surface area contributed by atoms with Gasteiger partial charge in [-0.3, -0.25) is 19.4 Å². The molecule has 41 heavy (non-hydrogen) atoms. The van der Waals surface area contributed by atoms with E-state index in [1.807, 2.05) is 50.2 Å². The molecule has 2 aliphatic heterocycles. The van der Waals surface area contributed by atoms with Gasteiger partial charge in [0.15, 0.2) is 0 Å². The van der Waals surface area contributed by atoms with Crippen molar-refractivity contribution in [3.05, 3.63) is 65.9 Å². The Labute approximate surface area is 239 Å². The van der Waals surface area contributed by atoms with Crippen molar-refractivity contribution in [1.29, 1.82) is 5.26 Å². The summed E-state index contributed by atoms with van der Waals surface area (Å²) in [5, 5.41) is 13.8. The summed E-state index contributed by atoms with van der Waals surface area (Å²) in [6.07, 6.45) is 4.39. The highest BCUT2D eigenvalue weighted by molar-refractivity contribution is 6.07. The number of rotatable bonds is 7. The van der Waals surface area contributed by atoms with Crippen LogP contribution in [0.25, 0.3) is 10.9 Å². The summed E-state index contributed by atoms with van der Waals surface area (Å²) in [4.78, 5) is 48.9. The molecule has 2 fully saturated rings. The molecule has 0 radical (unpaired) electrons. The molecule has 210 valence electrons. The lowest BCUT2D eigenvalue weighted by molar-refractivity contribution is -0.136. The highest BCUT2D eigenvalue weighted by Crippen LogP contribution is 2.46. The van der Waals surface area contributed by atoms with E-state index in [2.05, 4.69) is 16.4 Å². The van der Waals surface area contributed by atoms with Crippen molar-refractivity contribution in [3.63, 3.8) is 0 Å². The summed E-state index contributed by atoms with van der Waals surface area (Å²) in [6, 6.07) is 15.3. The number of carbonyl (C=O) groups is 3. The predicted octanol–water partition coefficient (Wildman–Crippen LogP) is 4.28. The first-order chi connectivity index (χ1) is 19.7. The molecule has 1 aliphatic carbocycles. The Morgan fingerprint density at radius 1 is 1.22 bits per heavy atom. The topological polar surface area (TPSA) is 116 Å². The lowest BCUT2D eigenvalue weighted by Crippen LogP contribution is -2.52. The third-order valence-electron chi connectivity index (χ3n) is 8.42. The Kier molecular flexibility index (Phi) is 6.65. The molecule has 1 saturated heterocycles. The number of nitrogens with one attached hydrogen (secondary N) is 1. The molecule has 3 heterocycles. The fourth-order valence-electron chi connectivity index (χ4n) is 6.13. The van der Waals surface area contributed by atoms with Gasteiger partial charge in [0.25, 0.3) is 5.91 Å². The summed E-state index contributed by atoms with van der Waals surface area (Å²) >= 11 is 0. The first-order valence-corrected chi connectivity index (χ1v) is 14.2. The highest BCUT2D eigenvalue weighted by Gasteiger charge is 2.56. The molecule has 9 nitrogen and oxygen atoms in total. The quantitative estimate of drug-likeness (QED) is 0.469. The van der Waals surface area contributed by atoms with Crippen molar-refractivity contribution >= 4 is 34.3 Å². The van der Waals surface area contributed by atoms with Crippen LogP contribution in [0.5, 0.6) is 5.75 Å². The molecule has 1 saturated carbocycles. The van der Waals surface area contributed by atoms with Crippen LogP contribution in [-0.4, -0.2) is 64.3 Å². The molecule has 3 aromatic rings. The molecular weight excluding hydrogens is 518 g/mol. The second-order valence-electron chi connectivity index (χ2n) is 11.8. The monoisotopic (exact) mass is 551 g/mol. The Bertz CT molecular complexity index is 1590. The number of ether oxygens (including phenoxy) is 1. The fourth-order valence-corrected chi connectivity index (χ4v) is 6.13. The van der Waals surface area contributed by atoms with Crippen molar-refractivity contribution in [2.75, 3.05) is 18.9 Å². The summed E-state index contributed by atoms with van der Waals surface area (Å²) in [5.74, 6) is -0.187. The van der Waals surface area contributed by atoms with E-state index in [1.54, 1.807) is 25.4 Å². The van der Waals surface area contributed by atoms with Gasteiger partial charge >= 0.3 is 0 Å². The van der Waals surface area contributed by atoms with Crippen LogP contribution in [0.15, 0.2) is 54.7 Å². The van der Waals surface area contributed by atoms with Gasteiger partial charge < -0.3 is 19.9 Å². The number of nitrogens with zero attached hydrogens (tertiary/aromatic N) is 4. The van der Waals surface area contributed by atoms with Crippen LogP contribution in [0.3, 0.4) is 0 Å². The maximum absolute atomic E-state index is 14.2. The predicted molar refractivity (Wildman–Crippen MR) is 153 cm³/mol. The average molecular weight is 552 g/mol. The van der Waals surface area contributed by atoms with Gasteiger partial charge in [-0.25, -0.2) is 0 Å². The standard InChI is InChI=1S/C32H33N5O4/c1-19(2)13-26(30(39)37-18-32(16-22(37)17-33)24-8-4-5-9-25(24)35-31(32)40)36(3)29(38)21-14-20-7-6-12-34-28(20)27(15-21)41-23-10-11-23/h4-9,12,14-15,19,22-23,26H,10-11,13,16,18H2,1-3H3,(H,35,40)/t22-,26-,32-/m0/s1. The smallest absolute Gasteiger partial charge is 0.254 e. The van der Waals surface area contributed by atoms with E-state index < -0.39 is 17.5 Å². The number of aromatic nitrogens is 1. The number of likely N-dealkylation sites (N-methyl/N-ethyl adjacent to an activating group) is 1. The van der Waals surface area contributed by atoms with Gasteiger partial charge in [0.2, 0.25) is 11.8 Å². The fraction of sp³-hybridized carbons (Fsp3) is 0.406. The molecule has 1 spiro atoms. The number of likely N-dealkylation sites (tertiary alicyclic amines) is 1. The Balaban J connectivity index is 1.32. The molecule has 0 bridgehead atoms. The van der Waals surface area contributed by atoms with E-state index in [9.17, 15) is 19.6 Å². The minimum Gasteiger partial charge on any atom is -0.488 e. The van der Waals surface area contributed by atoms with Crippen LogP contribution < -0.4 is 10.1 Å². The number of hydrogen-bond acceptors (Lipinski definition) is 6. The first kappa shape index (κ1) is 26.8. The number of anilines is 1. The SMILES string of the molecule is CC(C)C[C@@H](C(=O)N1C[C@]2(C[C@H]1C#N)C(=O)Nc1ccccc12)N(C)C(=O)c1cc(OC2CC2)c2ncccc2c1. The molecular formula is C32H33N5O4. The molecule has 2 aromatic carbocycles. The number of pyridine rings is 1. The van der Waals surface area contributed by atoms with Crippen molar-refractivity contribution in [1.82, 2.24) is 14.8 Å². The minimum atomic E-state index is -0.988. The van der Waals surface area contributed by atoms with Gasteiger partial charge in [0.1, 0.15) is 23.3 Å². The third-order valence-corrected chi connectivity index (χ3v) is 8.42. The third kappa shape index (κ3) is 4.67. The number of fused-ring (bicyclic) bond motifs is 3. The van der Waals surface area contributed by atoms with Gasteiger partial charge in [-0.05, 0) is 55.0 Å². The summed E-state index contributed by atoms with van der Waals surface area (Å²) in [7, 11) is 1.63.